The second-order valence-electron chi connectivity index (χ2n) is 3.09. The van der Waals surface area contributed by atoms with E-state index in [4.69, 9.17) is 0 Å². The highest BCUT2D eigenvalue weighted by atomic mass is 32.2. The van der Waals surface area contributed by atoms with Crippen LogP contribution in [0.5, 0.6) is 0 Å². The molecule has 14 heavy (non-hydrogen) atoms. The average Bonchev–Trinajstić information content (AvgIpc) is 2.60. The molecule has 0 spiro atoms. The van der Waals surface area contributed by atoms with Gasteiger partial charge in [-0.2, -0.15) is 0 Å². The number of carbonyl (C=O) groups excluding carboxylic acids is 1. The number of rotatable bonds is 2. The van der Waals surface area contributed by atoms with Gasteiger partial charge >= 0.3 is 0 Å². The maximum Gasteiger partial charge on any atom is 0.151 e. The SMILES string of the molecule is CSc1csc2c(C=O)c(C)ccc12. The first-order valence-electron chi connectivity index (χ1n) is 4.28. The minimum Gasteiger partial charge on any atom is -0.298 e. The number of aryl methyl sites for hydroxylation is 1. The minimum atomic E-state index is 0.841. The average molecular weight is 222 g/mol. The molecule has 0 aliphatic heterocycles. The highest BCUT2D eigenvalue weighted by Gasteiger charge is 2.08. The third kappa shape index (κ3) is 1.37. The Kier molecular flexibility index (Phi) is 2.61. The highest BCUT2D eigenvalue weighted by molar-refractivity contribution is 7.99. The van der Waals surface area contributed by atoms with Crippen LogP contribution in [0.25, 0.3) is 10.1 Å². The summed E-state index contributed by atoms with van der Waals surface area (Å²) in [6.45, 7) is 1.97. The lowest BCUT2D eigenvalue weighted by Crippen LogP contribution is -1.85. The minimum absolute atomic E-state index is 0.841. The number of thioether (sulfide) groups is 1. The molecule has 0 amide bonds. The number of thiophene rings is 1. The van der Waals surface area contributed by atoms with Crippen molar-refractivity contribution < 1.29 is 4.79 Å². The molecule has 2 rings (SSSR count). The summed E-state index contributed by atoms with van der Waals surface area (Å²) < 4.78 is 1.12. The van der Waals surface area contributed by atoms with Gasteiger partial charge in [0, 0.05) is 25.9 Å². The lowest BCUT2D eigenvalue weighted by Gasteiger charge is -2.00. The number of carbonyl (C=O) groups is 1. The van der Waals surface area contributed by atoms with E-state index in [1.165, 1.54) is 10.3 Å². The topological polar surface area (TPSA) is 17.1 Å². The third-order valence-corrected chi connectivity index (χ3v) is 4.26. The largest absolute Gasteiger partial charge is 0.298 e. The van der Waals surface area contributed by atoms with Crippen LogP contribution in [0.2, 0.25) is 0 Å². The van der Waals surface area contributed by atoms with Gasteiger partial charge in [0.1, 0.15) is 0 Å². The smallest absolute Gasteiger partial charge is 0.151 e. The number of hydrogen-bond acceptors (Lipinski definition) is 3. The summed E-state index contributed by atoms with van der Waals surface area (Å²) in [6, 6.07) is 4.11. The summed E-state index contributed by atoms with van der Waals surface area (Å²) in [5.74, 6) is 0. The fourth-order valence-corrected chi connectivity index (χ4v) is 3.48. The van der Waals surface area contributed by atoms with Crippen molar-refractivity contribution in [3.8, 4) is 0 Å². The second kappa shape index (κ2) is 3.75. The van der Waals surface area contributed by atoms with Gasteiger partial charge < -0.3 is 0 Å². The third-order valence-electron chi connectivity index (χ3n) is 2.30. The first-order chi connectivity index (χ1) is 6.77. The van der Waals surface area contributed by atoms with E-state index in [0.717, 1.165) is 22.1 Å². The Morgan fingerprint density at radius 2 is 2.21 bits per heavy atom. The normalized spacial score (nSPS) is 10.7. The van der Waals surface area contributed by atoms with Crippen molar-refractivity contribution >= 4 is 39.5 Å². The Morgan fingerprint density at radius 3 is 2.86 bits per heavy atom. The summed E-state index contributed by atoms with van der Waals surface area (Å²) in [5.41, 5.74) is 1.90. The van der Waals surface area contributed by atoms with E-state index >= 15 is 0 Å². The molecule has 1 nitrogen and oxygen atoms in total. The van der Waals surface area contributed by atoms with E-state index in [1.54, 1.807) is 23.1 Å². The Labute approximate surface area is 91.1 Å². The van der Waals surface area contributed by atoms with Crippen LogP contribution >= 0.6 is 23.1 Å². The van der Waals surface area contributed by atoms with E-state index in [0.29, 0.717) is 0 Å². The highest BCUT2D eigenvalue weighted by Crippen LogP contribution is 2.34. The fourth-order valence-electron chi connectivity index (χ4n) is 1.50. The Hall–Kier alpha value is -0.800. The van der Waals surface area contributed by atoms with Gasteiger partial charge in [0.05, 0.1) is 0 Å². The fraction of sp³-hybridized carbons (Fsp3) is 0.182. The summed E-state index contributed by atoms with van der Waals surface area (Å²) in [7, 11) is 0. The van der Waals surface area contributed by atoms with Gasteiger partial charge in [-0.3, -0.25) is 4.79 Å². The molecule has 0 radical (unpaired) electrons. The van der Waals surface area contributed by atoms with Gasteiger partial charge in [0.15, 0.2) is 6.29 Å². The molecule has 72 valence electrons. The van der Waals surface area contributed by atoms with Crippen LogP contribution in [0, 0.1) is 6.92 Å². The Balaban J connectivity index is 2.83. The van der Waals surface area contributed by atoms with Gasteiger partial charge in [0.2, 0.25) is 0 Å². The van der Waals surface area contributed by atoms with Crippen molar-refractivity contribution in [3.05, 3.63) is 28.6 Å². The number of aldehydes is 1. The van der Waals surface area contributed by atoms with Gasteiger partial charge in [-0.25, -0.2) is 0 Å². The van der Waals surface area contributed by atoms with E-state index in [2.05, 4.69) is 17.7 Å². The zero-order chi connectivity index (χ0) is 10.1. The lowest BCUT2D eigenvalue weighted by molar-refractivity contribution is 0.112. The molecule has 0 fully saturated rings. The van der Waals surface area contributed by atoms with Crippen LogP contribution in [0.15, 0.2) is 22.4 Å². The number of hydrogen-bond donors (Lipinski definition) is 0. The zero-order valence-corrected chi connectivity index (χ0v) is 9.67. The summed E-state index contributed by atoms with van der Waals surface area (Å²) in [6.07, 6.45) is 3.01. The lowest BCUT2D eigenvalue weighted by atomic mass is 10.1. The summed E-state index contributed by atoms with van der Waals surface area (Å²) in [4.78, 5) is 12.2. The summed E-state index contributed by atoms with van der Waals surface area (Å²) in [5, 5.41) is 3.32. The van der Waals surface area contributed by atoms with Crippen molar-refractivity contribution in [1.82, 2.24) is 0 Å². The molecule has 3 heteroatoms. The van der Waals surface area contributed by atoms with E-state index in [9.17, 15) is 4.79 Å². The van der Waals surface area contributed by atoms with Gasteiger partial charge in [0.25, 0.3) is 0 Å². The molecule has 0 aliphatic carbocycles. The predicted molar refractivity (Wildman–Crippen MR) is 63.7 cm³/mol. The zero-order valence-electron chi connectivity index (χ0n) is 8.03. The van der Waals surface area contributed by atoms with Crippen LogP contribution in [0.3, 0.4) is 0 Å². The molecule has 0 N–H and O–H groups in total. The molecular weight excluding hydrogens is 212 g/mol. The molecule has 0 atom stereocenters. The van der Waals surface area contributed by atoms with Crippen LogP contribution in [-0.4, -0.2) is 12.5 Å². The first kappa shape index (κ1) is 9.74. The Morgan fingerprint density at radius 1 is 1.43 bits per heavy atom. The van der Waals surface area contributed by atoms with Crippen molar-refractivity contribution in [3.63, 3.8) is 0 Å². The molecule has 0 aliphatic rings. The van der Waals surface area contributed by atoms with Crippen molar-refractivity contribution in [2.24, 2.45) is 0 Å². The van der Waals surface area contributed by atoms with Crippen LogP contribution in [0.1, 0.15) is 15.9 Å². The molecule has 0 saturated carbocycles. The van der Waals surface area contributed by atoms with Gasteiger partial charge in [-0.05, 0) is 18.7 Å². The van der Waals surface area contributed by atoms with E-state index in [-0.39, 0.29) is 0 Å². The Bertz CT molecular complexity index is 485. The molecule has 1 aromatic heterocycles. The van der Waals surface area contributed by atoms with E-state index < -0.39 is 0 Å². The molecule has 0 saturated heterocycles. The van der Waals surface area contributed by atoms with Gasteiger partial charge in [-0.15, -0.1) is 23.1 Å². The second-order valence-corrected chi connectivity index (χ2v) is 4.82. The summed E-state index contributed by atoms with van der Waals surface area (Å²) >= 11 is 3.38. The van der Waals surface area contributed by atoms with Crippen molar-refractivity contribution in [1.29, 1.82) is 0 Å². The van der Waals surface area contributed by atoms with Crippen molar-refractivity contribution in [2.75, 3.05) is 6.26 Å². The van der Waals surface area contributed by atoms with Crippen molar-refractivity contribution in [2.45, 2.75) is 11.8 Å². The monoisotopic (exact) mass is 222 g/mol. The van der Waals surface area contributed by atoms with Gasteiger partial charge in [-0.1, -0.05) is 12.1 Å². The van der Waals surface area contributed by atoms with Crippen LogP contribution in [-0.2, 0) is 0 Å². The molecule has 1 heterocycles. The number of fused-ring (bicyclic) bond motifs is 1. The quantitative estimate of drug-likeness (QED) is 0.568. The molecule has 2 aromatic rings. The van der Waals surface area contributed by atoms with Crippen LogP contribution < -0.4 is 0 Å². The molecule has 0 bridgehead atoms. The molecule has 1 aromatic carbocycles. The maximum absolute atomic E-state index is 10.9. The predicted octanol–water partition coefficient (Wildman–Crippen LogP) is 3.74. The molecular formula is C11H10OS2. The maximum atomic E-state index is 10.9. The molecule has 0 unspecified atom stereocenters. The number of benzene rings is 1. The van der Waals surface area contributed by atoms with E-state index in [1.807, 2.05) is 13.0 Å². The standard InChI is InChI=1S/C11H10OS2/c1-7-3-4-8-10(13-2)6-14-11(8)9(7)5-12/h3-6H,1-2H3. The first-order valence-corrected chi connectivity index (χ1v) is 6.38. The van der Waals surface area contributed by atoms with Crippen LogP contribution in [0.4, 0.5) is 0 Å².